The third kappa shape index (κ3) is 3.61. The molecule has 0 unspecified atom stereocenters. The Morgan fingerprint density at radius 1 is 1.35 bits per heavy atom. The maximum absolute atomic E-state index is 13.3. The van der Waals surface area contributed by atoms with Gasteiger partial charge in [0.05, 0.1) is 11.1 Å². The van der Waals surface area contributed by atoms with Crippen LogP contribution in [-0.2, 0) is 6.42 Å². The lowest BCUT2D eigenvalue weighted by Crippen LogP contribution is -2.08. The monoisotopic (exact) mass is 296 g/mol. The summed E-state index contributed by atoms with van der Waals surface area (Å²) in [4.78, 5) is 17.3. The summed E-state index contributed by atoms with van der Waals surface area (Å²) < 4.78 is 13.3. The topological polar surface area (TPSA) is 81.0 Å². The Morgan fingerprint density at radius 3 is 2.70 bits per heavy atom. The van der Waals surface area contributed by atoms with E-state index in [2.05, 4.69) is 15.3 Å². The van der Waals surface area contributed by atoms with Crippen molar-refractivity contribution in [1.29, 1.82) is 0 Å². The van der Waals surface area contributed by atoms with Gasteiger partial charge >= 0.3 is 0 Å². The number of hydrogen-bond acceptors (Lipinski definition) is 5. The molecule has 2 aromatic rings. The van der Waals surface area contributed by atoms with E-state index in [1.807, 2.05) is 0 Å². The van der Waals surface area contributed by atoms with Gasteiger partial charge in [0.2, 0.25) is 5.28 Å². The first-order valence-electron chi connectivity index (χ1n) is 5.71. The number of anilines is 1. The molecule has 0 aliphatic rings. The van der Waals surface area contributed by atoms with Crippen LogP contribution in [0.3, 0.4) is 0 Å². The number of aromatic nitrogens is 2. The van der Waals surface area contributed by atoms with E-state index >= 15 is 0 Å². The van der Waals surface area contributed by atoms with Crippen molar-refractivity contribution in [2.45, 2.75) is 6.42 Å². The molecule has 0 atom stereocenters. The Labute approximate surface area is 118 Å². The van der Waals surface area contributed by atoms with Crippen LogP contribution in [-0.4, -0.2) is 21.4 Å². The SMILES string of the molecule is O=[N+]([O-])c1ccc(CCNc2nc(Cl)ncc2F)cc1. The summed E-state index contributed by atoms with van der Waals surface area (Å²) in [5.74, 6) is -0.551. The molecule has 0 amide bonds. The van der Waals surface area contributed by atoms with Crippen LogP contribution < -0.4 is 5.32 Å². The molecule has 6 nitrogen and oxygen atoms in total. The van der Waals surface area contributed by atoms with Crippen LogP contribution in [0.5, 0.6) is 0 Å². The molecule has 8 heteroatoms. The third-order valence-electron chi connectivity index (χ3n) is 2.57. The first-order chi connectivity index (χ1) is 9.56. The molecule has 0 saturated heterocycles. The zero-order chi connectivity index (χ0) is 14.5. The molecule has 1 aromatic heterocycles. The van der Waals surface area contributed by atoms with Crippen LogP contribution in [0.15, 0.2) is 30.5 Å². The van der Waals surface area contributed by atoms with E-state index in [9.17, 15) is 14.5 Å². The third-order valence-corrected chi connectivity index (χ3v) is 2.75. The molecule has 0 aliphatic carbocycles. The highest BCUT2D eigenvalue weighted by Gasteiger charge is 2.06. The zero-order valence-corrected chi connectivity index (χ0v) is 11.0. The summed E-state index contributed by atoms with van der Waals surface area (Å²) in [6.07, 6.45) is 1.56. The van der Waals surface area contributed by atoms with Crippen LogP contribution in [0.1, 0.15) is 5.56 Å². The van der Waals surface area contributed by atoms with E-state index in [-0.39, 0.29) is 16.8 Å². The smallest absolute Gasteiger partial charge is 0.269 e. The molecule has 1 aromatic carbocycles. The van der Waals surface area contributed by atoms with Gasteiger partial charge in [-0.2, -0.15) is 4.98 Å². The number of nitro benzene ring substituents is 1. The number of rotatable bonds is 5. The van der Waals surface area contributed by atoms with E-state index in [1.165, 1.54) is 12.1 Å². The lowest BCUT2D eigenvalue weighted by molar-refractivity contribution is -0.384. The summed E-state index contributed by atoms with van der Waals surface area (Å²) in [5, 5.41) is 13.3. The average Bonchev–Trinajstić information content (AvgIpc) is 2.43. The summed E-state index contributed by atoms with van der Waals surface area (Å²) in [6.45, 7) is 0.419. The fourth-order valence-electron chi connectivity index (χ4n) is 1.58. The molecule has 1 N–H and O–H groups in total. The van der Waals surface area contributed by atoms with Gasteiger partial charge in [-0.05, 0) is 23.6 Å². The number of non-ortho nitro benzene ring substituents is 1. The van der Waals surface area contributed by atoms with Crippen molar-refractivity contribution in [3.05, 3.63) is 57.2 Å². The second kappa shape index (κ2) is 6.25. The average molecular weight is 297 g/mol. The van der Waals surface area contributed by atoms with Crippen LogP contribution >= 0.6 is 11.6 Å². The zero-order valence-electron chi connectivity index (χ0n) is 10.2. The first-order valence-corrected chi connectivity index (χ1v) is 6.09. The van der Waals surface area contributed by atoms with Gasteiger partial charge in [-0.1, -0.05) is 12.1 Å². The fourth-order valence-corrected chi connectivity index (χ4v) is 1.71. The number of hydrogen-bond donors (Lipinski definition) is 1. The Kier molecular flexibility index (Phi) is 4.41. The molecule has 0 bridgehead atoms. The first kappa shape index (κ1) is 14.1. The number of halogens is 2. The van der Waals surface area contributed by atoms with Crippen LogP contribution in [0, 0.1) is 15.9 Å². The molecule has 0 saturated carbocycles. The number of benzene rings is 1. The highest BCUT2D eigenvalue weighted by molar-refractivity contribution is 6.28. The minimum atomic E-state index is -0.585. The lowest BCUT2D eigenvalue weighted by atomic mass is 10.1. The van der Waals surface area contributed by atoms with Crippen molar-refractivity contribution in [2.24, 2.45) is 0 Å². The minimum Gasteiger partial charge on any atom is -0.367 e. The normalized spacial score (nSPS) is 10.3. The van der Waals surface area contributed by atoms with E-state index in [1.54, 1.807) is 12.1 Å². The molecule has 20 heavy (non-hydrogen) atoms. The second-order valence-corrected chi connectivity index (χ2v) is 4.27. The summed E-state index contributed by atoms with van der Waals surface area (Å²) in [5.41, 5.74) is 0.930. The van der Waals surface area contributed by atoms with Gasteiger partial charge in [-0.3, -0.25) is 10.1 Å². The Morgan fingerprint density at radius 2 is 2.05 bits per heavy atom. The van der Waals surface area contributed by atoms with Crippen LogP contribution in [0.2, 0.25) is 5.28 Å². The van der Waals surface area contributed by atoms with E-state index < -0.39 is 10.7 Å². The summed E-state index contributed by atoms with van der Waals surface area (Å²) in [6, 6.07) is 6.17. The van der Waals surface area contributed by atoms with Crippen LogP contribution in [0.25, 0.3) is 0 Å². The summed E-state index contributed by atoms with van der Waals surface area (Å²) >= 11 is 5.57. The molecule has 1 heterocycles. The van der Waals surface area contributed by atoms with Gasteiger partial charge in [-0.25, -0.2) is 9.37 Å². The van der Waals surface area contributed by atoms with Crippen molar-refractivity contribution in [3.8, 4) is 0 Å². The number of nitro groups is 1. The highest BCUT2D eigenvalue weighted by Crippen LogP contribution is 2.14. The second-order valence-electron chi connectivity index (χ2n) is 3.94. The Balaban J connectivity index is 1.92. The Bertz CT molecular complexity index is 621. The van der Waals surface area contributed by atoms with E-state index in [0.717, 1.165) is 11.8 Å². The van der Waals surface area contributed by atoms with Crippen molar-refractivity contribution in [3.63, 3.8) is 0 Å². The van der Waals surface area contributed by atoms with Crippen molar-refractivity contribution < 1.29 is 9.31 Å². The molecule has 104 valence electrons. The van der Waals surface area contributed by atoms with Crippen LogP contribution in [0.4, 0.5) is 15.9 Å². The van der Waals surface area contributed by atoms with Gasteiger partial charge in [0.25, 0.3) is 5.69 Å². The number of nitrogens with one attached hydrogen (secondary N) is 1. The fraction of sp³-hybridized carbons (Fsp3) is 0.167. The predicted octanol–water partition coefficient (Wildman–Crippen LogP) is 2.83. The number of nitrogens with zero attached hydrogens (tertiary/aromatic N) is 3. The van der Waals surface area contributed by atoms with Gasteiger partial charge in [0.15, 0.2) is 11.6 Å². The minimum absolute atomic E-state index is 0.0342. The van der Waals surface area contributed by atoms with Gasteiger partial charge < -0.3 is 5.32 Å². The Hall–Kier alpha value is -2.28. The van der Waals surface area contributed by atoms with E-state index in [0.29, 0.717) is 13.0 Å². The predicted molar refractivity (Wildman–Crippen MR) is 72.3 cm³/mol. The quantitative estimate of drug-likeness (QED) is 0.521. The van der Waals surface area contributed by atoms with Crippen molar-refractivity contribution in [1.82, 2.24) is 9.97 Å². The molecule has 0 fully saturated rings. The van der Waals surface area contributed by atoms with Gasteiger partial charge in [-0.15, -0.1) is 0 Å². The molecule has 0 spiro atoms. The standard InChI is InChI=1S/C12H10ClFN4O2/c13-12-16-7-10(14)11(17-12)15-6-5-8-1-3-9(4-2-8)18(19)20/h1-4,7H,5-6H2,(H,15,16,17). The molecule has 2 rings (SSSR count). The summed E-state index contributed by atoms with van der Waals surface area (Å²) in [7, 11) is 0. The van der Waals surface area contributed by atoms with Gasteiger partial charge in [0, 0.05) is 18.7 Å². The lowest BCUT2D eigenvalue weighted by Gasteiger charge is -2.06. The molecule has 0 radical (unpaired) electrons. The van der Waals surface area contributed by atoms with E-state index in [4.69, 9.17) is 11.6 Å². The largest absolute Gasteiger partial charge is 0.367 e. The molecular formula is C12H10ClFN4O2. The molecule has 0 aliphatic heterocycles. The van der Waals surface area contributed by atoms with Gasteiger partial charge in [0.1, 0.15) is 0 Å². The maximum atomic E-state index is 13.3. The molecular weight excluding hydrogens is 287 g/mol. The maximum Gasteiger partial charge on any atom is 0.269 e. The van der Waals surface area contributed by atoms with Crippen molar-refractivity contribution >= 4 is 23.1 Å². The highest BCUT2D eigenvalue weighted by atomic mass is 35.5. The van der Waals surface area contributed by atoms with Crippen molar-refractivity contribution in [2.75, 3.05) is 11.9 Å².